The van der Waals surface area contributed by atoms with Gasteiger partial charge in [-0.25, -0.2) is 4.99 Å². The van der Waals surface area contributed by atoms with Gasteiger partial charge in [0, 0.05) is 15.4 Å². The van der Waals surface area contributed by atoms with E-state index in [-0.39, 0.29) is 0 Å². The largest absolute Gasteiger partial charge is 0.241 e. The number of thioether (sulfide) groups is 1. The van der Waals surface area contributed by atoms with Crippen LogP contribution in [0.1, 0.15) is 5.56 Å². The summed E-state index contributed by atoms with van der Waals surface area (Å²) in [5.41, 5.74) is 2.35. The van der Waals surface area contributed by atoms with E-state index in [0.717, 1.165) is 15.2 Å². The minimum Gasteiger partial charge on any atom is -0.241 e. The van der Waals surface area contributed by atoms with Crippen LogP contribution < -0.4 is 0 Å². The Hall–Kier alpha value is -0.800. The van der Waals surface area contributed by atoms with Crippen LogP contribution >= 0.6 is 27.7 Å². The van der Waals surface area contributed by atoms with Crippen LogP contribution in [0.5, 0.6) is 0 Å². The number of rotatable bonds is 0. The molecule has 1 aliphatic rings. The summed E-state index contributed by atoms with van der Waals surface area (Å²) in [6.07, 6.45) is 2.07. The summed E-state index contributed by atoms with van der Waals surface area (Å²) in [7, 11) is 0. The number of halogens is 1. The maximum absolute atomic E-state index is 4.61. The first-order valence-electron chi connectivity index (χ1n) is 4.65. The molecule has 2 aromatic carbocycles. The average molecular weight is 278 g/mol. The Morgan fingerprint density at radius 3 is 2.87 bits per heavy atom. The topological polar surface area (TPSA) is 12.4 Å². The minimum absolute atomic E-state index is 1.09. The molecule has 1 heterocycles. The van der Waals surface area contributed by atoms with Gasteiger partial charge in [-0.05, 0) is 23.8 Å². The second-order valence-electron chi connectivity index (χ2n) is 3.42. The summed E-state index contributed by atoms with van der Waals surface area (Å²) >= 11 is 5.28. The molecule has 0 saturated heterocycles. The fourth-order valence-electron chi connectivity index (χ4n) is 1.95. The predicted octanol–water partition coefficient (Wildman–Crippen LogP) is 4.36. The number of nitrogens with zero attached hydrogens (tertiary/aromatic N) is 1. The van der Waals surface area contributed by atoms with Crippen molar-refractivity contribution in [3.8, 4) is 0 Å². The first-order valence-corrected chi connectivity index (χ1v) is 6.67. The Balaban J connectivity index is 2.47. The molecule has 15 heavy (non-hydrogen) atoms. The van der Waals surface area contributed by atoms with Crippen molar-refractivity contribution in [2.24, 2.45) is 4.99 Å². The molecule has 3 rings (SSSR count). The van der Waals surface area contributed by atoms with Gasteiger partial charge in [0.2, 0.25) is 0 Å². The SMILES string of the molecule is CSC1=Nc2ccc(Br)c3cccc1c23. The first kappa shape index (κ1) is 9.43. The van der Waals surface area contributed by atoms with Crippen LogP contribution in [0.3, 0.4) is 0 Å². The Morgan fingerprint density at radius 1 is 1.20 bits per heavy atom. The number of hydrogen-bond acceptors (Lipinski definition) is 2. The summed E-state index contributed by atoms with van der Waals surface area (Å²) in [4.78, 5) is 4.61. The van der Waals surface area contributed by atoms with Gasteiger partial charge in [0.1, 0.15) is 5.04 Å². The van der Waals surface area contributed by atoms with Gasteiger partial charge in [-0.3, -0.25) is 0 Å². The van der Waals surface area contributed by atoms with Gasteiger partial charge in [-0.15, -0.1) is 11.8 Å². The molecule has 2 aromatic rings. The number of aliphatic imine (C=N–C) groups is 1. The van der Waals surface area contributed by atoms with E-state index in [1.807, 2.05) is 0 Å². The molecule has 0 saturated carbocycles. The standard InChI is InChI=1S/C12H8BrNS/c1-15-12-8-4-2-3-7-9(13)5-6-10(14-12)11(7)8/h2-6H,1H3. The fraction of sp³-hybridized carbons (Fsp3) is 0.0833. The van der Waals surface area contributed by atoms with E-state index in [2.05, 4.69) is 57.5 Å². The predicted molar refractivity (Wildman–Crippen MR) is 71.4 cm³/mol. The van der Waals surface area contributed by atoms with Gasteiger partial charge < -0.3 is 0 Å². The molecule has 0 spiro atoms. The fourth-order valence-corrected chi connectivity index (χ4v) is 2.99. The van der Waals surface area contributed by atoms with Crippen molar-refractivity contribution in [3.05, 3.63) is 40.4 Å². The van der Waals surface area contributed by atoms with Gasteiger partial charge in [0.05, 0.1) is 5.69 Å². The van der Waals surface area contributed by atoms with Crippen molar-refractivity contribution in [2.75, 3.05) is 6.26 Å². The van der Waals surface area contributed by atoms with E-state index in [4.69, 9.17) is 0 Å². The van der Waals surface area contributed by atoms with Gasteiger partial charge in [0.25, 0.3) is 0 Å². The lowest BCUT2D eigenvalue weighted by atomic mass is 10.1. The van der Waals surface area contributed by atoms with E-state index < -0.39 is 0 Å². The Labute approximate surface area is 101 Å². The first-order chi connectivity index (χ1) is 7.31. The van der Waals surface area contributed by atoms with Crippen LogP contribution in [0.2, 0.25) is 0 Å². The summed E-state index contributed by atoms with van der Waals surface area (Å²) in [6.45, 7) is 0. The van der Waals surface area contributed by atoms with E-state index >= 15 is 0 Å². The summed E-state index contributed by atoms with van der Waals surface area (Å²) in [5.74, 6) is 0. The van der Waals surface area contributed by atoms with Crippen molar-refractivity contribution in [3.63, 3.8) is 0 Å². The zero-order chi connectivity index (χ0) is 10.4. The maximum atomic E-state index is 4.61. The second kappa shape index (κ2) is 3.35. The molecule has 0 aliphatic carbocycles. The maximum Gasteiger partial charge on any atom is 0.104 e. The molecule has 0 unspecified atom stereocenters. The van der Waals surface area contributed by atoms with E-state index in [1.165, 1.54) is 16.3 Å². The van der Waals surface area contributed by atoms with Crippen LogP contribution in [-0.2, 0) is 0 Å². The van der Waals surface area contributed by atoms with Crippen LogP contribution in [-0.4, -0.2) is 11.3 Å². The molecule has 0 aromatic heterocycles. The van der Waals surface area contributed by atoms with Crippen molar-refractivity contribution in [1.82, 2.24) is 0 Å². The lowest BCUT2D eigenvalue weighted by Crippen LogP contribution is -1.89. The van der Waals surface area contributed by atoms with E-state index in [9.17, 15) is 0 Å². The molecule has 3 heteroatoms. The van der Waals surface area contributed by atoms with Crippen molar-refractivity contribution in [2.45, 2.75) is 0 Å². The molecule has 0 N–H and O–H groups in total. The van der Waals surface area contributed by atoms with Gasteiger partial charge in [-0.2, -0.15) is 0 Å². The molecule has 0 bridgehead atoms. The lowest BCUT2D eigenvalue weighted by molar-refractivity contribution is 1.61. The van der Waals surface area contributed by atoms with Gasteiger partial charge in [-0.1, -0.05) is 34.1 Å². The molecule has 0 atom stereocenters. The van der Waals surface area contributed by atoms with Gasteiger partial charge in [0.15, 0.2) is 0 Å². The Bertz CT molecular complexity index is 589. The zero-order valence-electron chi connectivity index (χ0n) is 8.12. The molecular formula is C12H8BrNS. The van der Waals surface area contributed by atoms with Crippen molar-refractivity contribution < 1.29 is 0 Å². The average Bonchev–Trinajstić information content (AvgIpc) is 2.64. The molecular weight excluding hydrogens is 270 g/mol. The lowest BCUT2D eigenvalue weighted by Gasteiger charge is -2.03. The summed E-state index contributed by atoms with van der Waals surface area (Å²) < 4.78 is 1.14. The molecule has 0 radical (unpaired) electrons. The Kier molecular flexibility index (Phi) is 2.11. The smallest absolute Gasteiger partial charge is 0.104 e. The number of benzene rings is 2. The summed E-state index contributed by atoms with van der Waals surface area (Å²) in [5, 5.41) is 3.64. The van der Waals surface area contributed by atoms with E-state index in [1.54, 1.807) is 11.8 Å². The third kappa shape index (κ3) is 1.26. The highest BCUT2D eigenvalue weighted by molar-refractivity contribution is 9.10. The normalized spacial score (nSPS) is 13.3. The quantitative estimate of drug-likeness (QED) is 0.697. The monoisotopic (exact) mass is 277 g/mol. The van der Waals surface area contributed by atoms with Crippen molar-refractivity contribution >= 4 is 49.2 Å². The molecule has 0 amide bonds. The molecule has 1 aliphatic heterocycles. The summed E-state index contributed by atoms with van der Waals surface area (Å²) in [6, 6.07) is 10.5. The second-order valence-corrected chi connectivity index (χ2v) is 5.07. The highest BCUT2D eigenvalue weighted by atomic mass is 79.9. The van der Waals surface area contributed by atoms with Crippen LogP contribution in [0.25, 0.3) is 10.8 Å². The van der Waals surface area contributed by atoms with Crippen LogP contribution in [0.15, 0.2) is 39.8 Å². The third-order valence-electron chi connectivity index (χ3n) is 2.61. The highest BCUT2D eigenvalue weighted by Crippen LogP contribution is 2.40. The molecule has 0 fully saturated rings. The highest BCUT2D eigenvalue weighted by Gasteiger charge is 2.18. The minimum atomic E-state index is 1.09. The third-order valence-corrected chi connectivity index (χ3v) is 4.00. The molecule has 74 valence electrons. The zero-order valence-corrected chi connectivity index (χ0v) is 10.5. The number of hydrogen-bond donors (Lipinski definition) is 0. The molecule has 1 nitrogen and oxygen atoms in total. The Morgan fingerprint density at radius 2 is 2.07 bits per heavy atom. The van der Waals surface area contributed by atoms with Crippen LogP contribution in [0, 0.1) is 0 Å². The van der Waals surface area contributed by atoms with E-state index in [0.29, 0.717) is 0 Å². The van der Waals surface area contributed by atoms with Gasteiger partial charge >= 0.3 is 0 Å². The van der Waals surface area contributed by atoms with Crippen molar-refractivity contribution in [1.29, 1.82) is 0 Å². The van der Waals surface area contributed by atoms with Crippen LogP contribution in [0.4, 0.5) is 5.69 Å².